The number of rotatable bonds is 4. The minimum absolute atomic E-state index is 0.125. The van der Waals surface area contributed by atoms with Gasteiger partial charge < -0.3 is 9.84 Å². The molecule has 1 atom stereocenters. The molecule has 1 fully saturated rings. The Hall–Kier alpha value is -0.750. The van der Waals surface area contributed by atoms with Gasteiger partial charge in [-0.25, -0.2) is 8.78 Å². The summed E-state index contributed by atoms with van der Waals surface area (Å²) in [6.07, 6.45) is -2.96. The van der Waals surface area contributed by atoms with Gasteiger partial charge >= 0.3 is 5.97 Å². The van der Waals surface area contributed by atoms with Gasteiger partial charge in [0.05, 0.1) is 25.7 Å². The zero-order valence-electron chi connectivity index (χ0n) is 7.66. The summed E-state index contributed by atoms with van der Waals surface area (Å²) in [5.41, 5.74) is 0. The molecule has 82 valence electrons. The van der Waals surface area contributed by atoms with Gasteiger partial charge in [-0.2, -0.15) is 0 Å². The lowest BCUT2D eigenvalue weighted by atomic mass is 10.2. The van der Waals surface area contributed by atoms with E-state index in [-0.39, 0.29) is 19.5 Å². The van der Waals surface area contributed by atoms with Gasteiger partial charge in [-0.15, -0.1) is 0 Å². The van der Waals surface area contributed by atoms with Crippen molar-refractivity contribution < 1.29 is 23.4 Å². The molecule has 6 heteroatoms. The molecule has 1 N–H and O–H groups in total. The largest absolute Gasteiger partial charge is 0.481 e. The van der Waals surface area contributed by atoms with Gasteiger partial charge in [-0.3, -0.25) is 9.69 Å². The molecular formula is C8H13F2NO3. The van der Waals surface area contributed by atoms with Crippen LogP contribution in [0.4, 0.5) is 8.78 Å². The van der Waals surface area contributed by atoms with Gasteiger partial charge in [0.25, 0.3) is 6.43 Å². The van der Waals surface area contributed by atoms with Crippen molar-refractivity contribution >= 4 is 5.97 Å². The van der Waals surface area contributed by atoms with E-state index in [2.05, 4.69) is 0 Å². The number of hydrogen-bond acceptors (Lipinski definition) is 3. The van der Waals surface area contributed by atoms with Crippen molar-refractivity contribution in [3.8, 4) is 0 Å². The maximum absolute atomic E-state index is 12.0. The van der Waals surface area contributed by atoms with E-state index in [0.29, 0.717) is 13.2 Å². The monoisotopic (exact) mass is 209 g/mol. The van der Waals surface area contributed by atoms with E-state index < -0.39 is 18.5 Å². The molecule has 1 aliphatic heterocycles. The zero-order chi connectivity index (χ0) is 10.6. The number of carboxylic acids is 1. The minimum Gasteiger partial charge on any atom is -0.481 e. The van der Waals surface area contributed by atoms with Gasteiger partial charge in [0.1, 0.15) is 0 Å². The number of halogens is 2. The lowest BCUT2D eigenvalue weighted by Crippen LogP contribution is -2.45. The summed E-state index contributed by atoms with van der Waals surface area (Å²) < 4.78 is 29.2. The van der Waals surface area contributed by atoms with Crippen LogP contribution in [0.1, 0.15) is 6.42 Å². The number of ether oxygens (including phenoxy) is 1. The van der Waals surface area contributed by atoms with E-state index >= 15 is 0 Å². The Morgan fingerprint density at radius 2 is 2.36 bits per heavy atom. The Kier molecular flexibility index (Phi) is 4.21. The Bertz CT molecular complexity index is 201. The molecule has 0 saturated carbocycles. The maximum atomic E-state index is 12.0. The van der Waals surface area contributed by atoms with E-state index in [1.807, 2.05) is 0 Å². The first kappa shape index (κ1) is 11.3. The number of carboxylic acid groups (broad SMARTS) is 1. The molecule has 0 bridgehead atoms. The number of hydrogen-bond donors (Lipinski definition) is 1. The van der Waals surface area contributed by atoms with Crippen LogP contribution >= 0.6 is 0 Å². The van der Waals surface area contributed by atoms with E-state index in [0.717, 1.165) is 0 Å². The predicted octanol–water partition coefficient (Wildman–Crippen LogP) is 0.427. The molecule has 0 aromatic heterocycles. The second-order valence-electron chi connectivity index (χ2n) is 3.24. The third kappa shape index (κ3) is 3.97. The van der Waals surface area contributed by atoms with Gasteiger partial charge in [-0.05, 0) is 0 Å². The fourth-order valence-corrected chi connectivity index (χ4v) is 1.46. The van der Waals surface area contributed by atoms with Crippen LogP contribution in [-0.2, 0) is 9.53 Å². The fourth-order valence-electron chi connectivity index (χ4n) is 1.46. The third-order valence-corrected chi connectivity index (χ3v) is 2.02. The smallest absolute Gasteiger partial charge is 0.306 e. The van der Waals surface area contributed by atoms with Crippen molar-refractivity contribution in [2.24, 2.45) is 0 Å². The van der Waals surface area contributed by atoms with Crippen molar-refractivity contribution in [1.29, 1.82) is 0 Å². The molecule has 0 amide bonds. The van der Waals surface area contributed by atoms with Crippen molar-refractivity contribution in [3.63, 3.8) is 0 Å². The van der Waals surface area contributed by atoms with Crippen LogP contribution in [0.2, 0.25) is 0 Å². The van der Waals surface area contributed by atoms with Crippen LogP contribution < -0.4 is 0 Å². The van der Waals surface area contributed by atoms with Crippen molar-refractivity contribution in [2.45, 2.75) is 19.0 Å². The van der Waals surface area contributed by atoms with Crippen molar-refractivity contribution in [3.05, 3.63) is 0 Å². The van der Waals surface area contributed by atoms with Gasteiger partial charge in [-0.1, -0.05) is 0 Å². The summed E-state index contributed by atoms with van der Waals surface area (Å²) in [5.74, 6) is -0.964. The molecule has 0 aromatic carbocycles. The SMILES string of the molecule is O=C(O)CC1CN(CC(F)F)CCO1. The van der Waals surface area contributed by atoms with Gasteiger partial charge in [0.2, 0.25) is 0 Å². The minimum atomic E-state index is -2.38. The standard InChI is InChI=1S/C8H13F2NO3/c9-7(10)5-11-1-2-14-6(4-11)3-8(12)13/h6-7H,1-5H2,(H,12,13). The van der Waals surface area contributed by atoms with Crippen molar-refractivity contribution in [1.82, 2.24) is 4.90 Å². The van der Waals surface area contributed by atoms with Crippen LogP contribution in [0.5, 0.6) is 0 Å². The maximum Gasteiger partial charge on any atom is 0.306 e. The molecule has 14 heavy (non-hydrogen) atoms. The highest BCUT2D eigenvalue weighted by molar-refractivity contribution is 5.67. The first-order valence-electron chi connectivity index (χ1n) is 4.42. The Balaban J connectivity index is 2.32. The quantitative estimate of drug-likeness (QED) is 0.729. The van der Waals surface area contributed by atoms with Crippen LogP contribution in [-0.4, -0.2) is 54.7 Å². The number of alkyl halides is 2. The summed E-state index contributed by atoms with van der Waals surface area (Å²) >= 11 is 0. The van der Waals surface area contributed by atoms with Gasteiger partial charge in [0.15, 0.2) is 0 Å². The van der Waals surface area contributed by atoms with E-state index in [1.165, 1.54) is 4.90 Å². The fraction of sp³-hybridized carbons (Fsp3) is 0.875. The van der Waals surface area contributed by atoms with Crippen molar-refractivity contribution in [2.75, 3.05) is 26.2 Å². The average Bonchev–Trinajstić information content (AvgIpc) is 2.01. The summed E-state index contributed by atoms with van der Waals surface area (Å²) in [7, 11) is 0. The second kappa shape index (κ2) is 5.21. The molecule has 1 heterocycles. The van der Waals surface area contributed by atoms with E-state index in [4.69, 9.17) is 9.84 Å². The lowest BCUT2D eigenvalue weighted by Gasteiger charge is -2.31. The number of carbonyl (C=O) groups is 1. The molecule has 1 saturated heterocycles. The summed E-state index contributed by atoms with van der Waals surface area (Å²) in [5, 5.41) is 8.49. The Morgan fingerprint density at radius 1 is 1.64 bits per heavy atom. The topological polar surface area (TPSA) is 49.8 Å². The normalized spacial score (nSPS) is 24.1. The summed E-state index contributed by atoms with van der Waals surface area (Å²) in [6.45, 7) is 0.737. The number of aliphatic carboxylic acids is 1. The summed E-state index contributed by atoms with van der Waals surface area (Å²) in [6, 6.07) is 0. The predicted molar refractivity (Wildman–Crippen MR) is 44.4 cm³/mol. The van der Waals surface area contributed by atoms with E-state index in [9.17, 15) is 13.6 Å². The Morgan fingerprint density at radius 3 is 2.93 bits per heavy atom. The van der Waals surface area contributed by atoms with E-state index in [1.54, 1.807) is 0 Å². The van der Waals surface area contributed by atoms with Crippen LogP contribution in [0.25, 0.3) is 0 Å². The van der Waals surface area contributed by atoms with Crippen LogP contribution in [0, 0.1) is 0 Å². The number of nitrogens with zero attached hydrogens (tertiary/aromatic N) is 1. The second-order valence-corrected chi connectivity index (χ2v) is 3.24. The Labute approximate surface area is 80.4 Å². The van der Waals surface area contributed by atoms with Crippen LogP contribution in [0.15, 0.2) is 0 Å². The molecule has 1 rings (SSSR count). The first-order valence-corrected chi connectivity index (χ1v) is 4.42. The average molecular weight is 209 g/mol. The van der Waals surface area contributed by atoms with Crippen LogP contribution in [0.3, 0.4) is 0 Å². The molecular weight excluding hydrogens is 196 g/mol. The molecule has 1 aliphatic rings. The first-order chi connectivity index (χ1) is 6.58. The highest BCUT2D eigenvalue weighted by Crippen LogP contribution is 2.10. The molecule has 1 unspecified atom stereocenters. The molecule has 0 aromatic rings. The highest BCUT2D eigenvalue weighted by atomic mass is 19.3. The summed E-state index contributed by atoms with van der Waals surface area (Å²) in [4.78, 5) is 11.9. The molecule has 0 spiro atoms. The number of morpholine rings is 1. The van der Waals surface area contributed by atoms with Gasteiger partial charge in [0, 0.05) is 13.1 Å². The molecule has 0 aliphatic carbocycles. The third-order valence-electron chi connectivity index (χ3n) is 2.02. The molecule has 4 nitrogen and oxygen atoms in total. The highest BCUT2D eigenvalue weighted by Gasteiger charge is 2.24. The molecule has 0 radical (unpaired) electrons. The zero-order valence-corrected chi connectivity index (χ0v) is 7.66. The lowest BCUT2D eigenvalue weighted by molar-refractivity contribution is -0.142.